The predicted molar refractivity (Wildman–Crippen MR) is 255 cm³/mol. The van der Waals surface area contributed by atoms with Crippen molar-refractivity contribution in [2.24, 2.45) is 0 Å². The molecule has 3 heterocycles. The standard InChI is InChI=1S/C56H59N3O/c1-53(2,3)40-20-18-36(19-21-40)37-26-27-57-49(31-37)39-28-38(35-16-14-13-15-17-35)29-43(30-39)59-50-25-22-41(54(4,5)6)32-45(50)44-23-24-48(58-52(44)59)46-33-42(55(7,8)9)34-47(51(46)60)56(10,11)12/h13-34,60H,1-12H3. The lowest BCUT2D eigenvalue weighted by Crippen LogP contribution is -2.17. The van der Waals surface area contributed by atoms with Crippen molar-refractivity contribution in [3.05, 3.63) is 156 Å². The zero-order chi connectivity index (χ0) is 42.9. The van der Waals surface area contributed by atoms with E-state index in [9.17, 15) is 5.11 Å². The minimum Gasteiger partial charge on any atom is -0.507 e. The average molecular weight is 790 g/mol. The largest absolute Gasteiger partial charge is 0.507 e. The van der Waals surface area contributed by atoms with Crippen LogP contribution in [0.3, 0.4) is 0 Å². The summed E-state index contributed by atoms with van der Waals surface area (Å²) in [5.74, 6) is 0.285. The van der Waals surface area contributed by atoms with Gasteiger partial charge in [-0.15, -0.1) is 0 Å². The number of phenolic OH excluding ortho intramolecular Hbond substituents is 1. The fourth-order valence-corrected chi connectivity index (χ4v) is 8.22. The Morgan fingerprint density at radius 3 is 1.73 bits per heavy atom. The number of nitrogens with zero attached hydrogens (tertiary/aromatic N) is 3. The van der Waals surface area contributed by atoms with Gasteiger partial charge in [-0.25, -0.2) is 4.98 Å². The van der Waals surface area contributed by atoms with Gasteiger partial charge in [0.25, 0.3) is 0 Å². The summed E-state index contributed by atoms with van der Waals surface area (Å²) in [7, 11) is 0. The Labute approximate surface area is 357 Å². The van der Waals surface area contributed by atoms with E-state index in [1.54, 1.807) is 0 Å². The van der Waals surface area contributed by atoms with Crippen molar-refractivity contribution in [3.63, 3.8) is 0 Å². The summed E-state index contributed by atoms with van der Waals surface area (Å²) in [4.78, 5) is 10.5. The number of fused-ring (bicyclic) bond motifs is 3. The number of phenols is 1. The van der Waals surface area contributed by atoms with E-state index in [1.165, 1.54) is 11.1 Å². The number of aromatic nitrogens is 3. The predicted octanol–water partition coefficient (Wildman–Crippen LogP) is 15.1. The molecule has 0 fully saturated rings. The normalized spacial score (nSPS) is 12.7. The van der Waals surface area contributed by atoms with Crippen molar-refractivity contribution in [2.75, 3.05) is 0 Å². The lowest BCUT2D eigenvalue weighted by Gasteiger charge is -2.27. The third-order valence-electron chi connectivity index (χ3n) is 12.0. The number of benzene rings is 5. The zero-order valence-electron chi connectivity index (χ0n) is 37.5. The van der Waals surface area contributed by atoms with E-state index in [0.717, 1.165) is 83.5 Å². The number of rotatable bonds is 5. The van der Waals surface area contributed by atoms with Gasteiger partial charge in [-0.3, -0.25) is 9.55 Å². The van der Waals surface area contributed by atoms with E-state index in [1.807, 2.05) is 6.20 Å². The Bertz CT molecular complexity index is 2890. The van der Waals surface area contributed by atoms with Crippen molar-refractivity contribution in [2.45, 2.75) is 105 Å². The van der Waals surface area contributed by atoms with E-state index < -0.39 is 0 Å². The molecule has 3 aromatic heterocycles. The summed E-state index contributed by atoms with van der Waals surface area (Å²) in [6, 6.07) is 46.0. The first-order chi connectivity index (χ1) is 28.2. The van der Waals surface area contributed by atoms with Gasteiger partial charge in [0.2, 0.25) is 0 Å². The smallest absolute Gasteiger partial charge is 0.146 e. The third-order valence-corrected chi connectivity index (χ3v) is 12.0. The highest BCUT2D eigenvalue weighted by molar-refractivity contribution is 6.09. The molecule has 304 valence electrons. The van der Waals surface area contributed by atoms with Crippen LogP contribution in [0.5, 0.6) is 5.75 Å². The molecule has 5 aromatic carbocycles. The van der Waals surface area contributed by atoms with Crippen molar-refractivity contribution in [3.8, 4) is 56.2 Å². The fraction of sp³-hybridized carbons (Fsp3) is 0.286. The summed E-state index contributed by atoms with van der Waals surface area (Å²) in [5.41, 5.74) is 15.1. The lowest BCUT2D eigenvalue weighted by atomic mass is 9.78. The van der Waals surface area contributed by atoms with Crippen molar-refractivity contribution in [1.82, 2.24) is 14.5 Å². The van der Waals surface area contributed by atoms with Gasteiger partial charge in [0.15, 0.2) is 0 Å². The first-order valence-electron chi connectivity index (χ1n) is 21.3. The molecule has 0 bridgehead atoms. The van der Waals surface area contributed by atoms with Crippen LogP contribution in [-0.4, -0.2) is 19.6 Å². The van der Waals surface area contributed by atoms with Crippen LogP contribution in [0.1, 0.15) is 105 Å². The van der Waals surface area contributed by atoms with Crippen LogP contribution in [0, 0.1) is 0 Å². The Morgan fingerprint density at radius 2 is 1.08 bits per heavy atom. The molecule has 0 saturated heterocycles. The van der Waals surface area contributed by atoms with E-state index in [2.05, 4.69) is 215 Å². The highest BCUT2D eigenvalue weighted by Crippen LogP contribution is 2.44. The molecule has 0 aliphatic rings. The Hall–Kier alpha value is -6.00. The minimum absolute atomic E-state index is 0.0390. The third kappa shape index (κ3) is 7.76. The molecule has 1 N–H and O–H groups in total. The molecule has 8 aromatic rings. The van der Waals surface area contributed by atoms with Crippen LogP contribution in [0.25, 0.3) is 72.4 Å². The second-order valence-electron chi connectivity index (χ2n) is 20.7. The Morgan fingerprint density at radius 1 is 0.450 bits per heavy atom. The molecule has 0 radical (unpaired) electrons. The highest BCUT2D eigenvalue weighted by atomic mass is 16.3. The maximum atomic E-state index is 12.0. The van der Waals surface area contributed by atoms with Gasteiger partial charge in [-0.2, -0.15) is 0 Å². The molecule has 0 aliphatic carbocycles. The lowest BCUT2D eigenvalue weighted by molar-refractivity contribution is 0.446. The van der Waals surface area contributed by atoms with Gasteiger partial charge in [0.05, 0.1) is 16.9 Å². The summed E-state index contributed by atoms with van der Waals surface area (Å²) < 4.78 is 2.31. The summed E-state index contributed by atoms with van der Waals surface area (Å²) in [6.45, 7) is 26.7. The SMILES string of the molecule is CC(C)(C)c1ccc(-c2ccnc(-c3cc(-c4ccccc4)cc(-n4c5ccc(C(C)(C)C)cc5c5ccc(-c6cc(C(C)(C)C)cc(C(C)(C)C)c6O)nc54)c3)c2)cc1. The second kappa shape index (κ2) is 14.6. The molecular formula is C56H59N3O. The number of hydrogen-bond acceptors (Lipinski definition) is 3. The molecule has 0 aliphatic heterocycles. The molecule has 0 amide bonds. The number of pyridine rings is 2. The van der Waals surface area contributed by atoms with Crippen LogP contribution >= 0.6 is 0 Å². The molecule has 8 rings (SSSR count). The van der Waals surface area contributed by atoms with Crippen LogP contribution in [0.2, 0.25) is 0 Å². The van der Waals surface area contributed by atoms with E-state index >= 15 is 0 Å². The monoisotopic (exact) mass is 789 g/mol. The van der Waals surface area contributed by atoms with Crippen molar-refractivity contribution >= 4 is 21.9 Å². The summed E-state index contributed by atoms with van der Waals surface area (Å²) in [6.07, 6.45) is 1.92. The maximum absolute atomic E-state index is 12.0. The van der Waals surface area contributed by atoms with E-state index in [0.29, 0.717) is 0 Å². The molecule has 4 heteroatoms. The molecule has 0 atom stereocenters. The van der Waals surface area contributed by atoms with Crippen LogP contribution < -0.4 is 0 Å². The minimum atomic E-state index is -0.266. The van der Waals surface area contributed by atoms with E-state index in [4.69, 9.17) is 9.97 Å². The zero-order valence-corrected chi connectivity index (χ0v) is 37.5. The quantitative estimate of drug-likeness (QED) is 0.189. The van der Waals surface area contributed by atoms with Crippen molar-refractivity contribution in [1.29, 1.82) is 0 Å². The summed E-state index contributed by atoms with van der Waals surface area (Å²) in [5, 5.41) is 14.2. The van der Waals surface area contributed by atoms with Gasteiger partial charge >= 0.3 is 0 Å². The second-order valence-corrected chi connectivity index (χ2v) is 20.7. The van der Waals surface area contributed by atoms with Crippen molar-refractivity contribution < 1.29 is 5.11 Å². The topological polar surface area (TPSA) is 50.9 Å². The molecule has 0 saturated carbocycles. The molecule has 4 nitrogen and oxygen atoms in total. The Kier molecular flexibility index (Phi) is 9.93. The maximum Gasteiger partial charge on any atom is 0.146 e. The van der Waals surface area contributed by atoms with Crippen LogP contribution in [0.15, 0.2) is 134 Å². The van der Waals surface area contributed by atoms with Crippen LogP contribution in [-0.2, 0) is 21.7 Å². The highest BCUT2D eigenvalue weighted by Gasteiger charge is 2.27. The van der Waals surface area contributed by atoms with Gasteiger partial charge in [-0.05, 0) is 121 Å². The van der Waals surface area contributed by atoms with Gasteiger partial charge in [0.1, 0.15) is 11.4 Å². The van der Waals surface area contributed by atoms with Gasteiger partial charge < -0.3 is 5.11 Å². The molecule has 60 heavy (non-hydrogen) atoms. The molecule has 0 spiro atoms. The average Bonchev–Trinajstić information content (AvgIpc) is 3.53. The Balaban J connectivity index is 1.40. The molecule has 0 unspecified atom stereocenters. The fourth-order valence-electron chi connectivity index (χ4n) is 8.22. The number of aromatic hydroxyl groups is 1. The van der Waals surface area contributed by atoms with Gasteiger partial charge in [-0.1, -0.05) is 150 Å². The van der Waals surface area contributed by atoms with Gasteiger partial charge in [0, 0.05) is 39.3 Å². The summed E-state index contributed by atoms with van der Waals surface area (Å²) >= 11 is 0. The number of hydrogen-bond donors (Lipinski definition) is 1. The first kappa shape index (κ1) is 40.8. The first-order valence-corrected chi connectivity index (χ1v) is 21.3. The molecular weight excluding hydrogens is 731 g/mol. The van der Waals surface area contributed by atoms with Crippen LogP contribution in [0.4, 0.5) is 0 Å². The van der Waals surface area contributed by atoms with E-state index in [-0.39, 0.29) is 27.4 Å².